The van der Waals surface area contributed by atoms with E-state index in [-0.39, 0.29) is 10.8 Å². The van der Waals surface area contributed by atoms with Crippen molar-refractivity contribution in [1.82, 2.24) is 0 Å². The van der Waals surface area contributed by atoms with Crippen molar-refractivity contribution < 1.29 is 4.74 Å². The first-order valence-electron chi connectivity index (χ1n) is 8.45. The summed E-state index contributed by atoms with van der Waals surface area (Å²) < 4.78 is 6.16. The highest BCUT2D eigenvalue weighted by Gasteiger charge is 2.40. The molecule has 0 heterocycles. The zero-order valence-electron chi connectivity index (χ0n) is 14.7. The Hall–Kier alpha value is 0.440. The number of ether oxygens (including phenoxy) is 1. The molecule has 0 fully saturated rings. The van der Waals surface area contributed by atoms with E-state index in [1.165, 1.54) is 44.9 Å². The van der Waals surface area contributed by atoms with Gasteiger partial charge in [0.15, 0.2) is 0 Å². The van der Waals surface area contributed by atoms with Crippen molar-refractivity contribution in [2.75, 3.05) is 11.9 Å². The fourth-order valence-corrected chi connectivity index (χ4v) is 2.62. The number of alkyl halides is 1. The highest BCUT2D eigenvalue weighted by atomic mass is 79.9. The van der Waals surface area contributed by atoms with Gasteiger partial charge in [-0.1, -0.05) is 96.0 Å². The van der Waals surface area contributed by atoms with E-state index in [0.29, 0.717) is 6.10 Å². The van der Waals surface area contributed by atoms with Gasteiger partial charge >= 0.3 is 0 Å². The van der Waals surface area contributed by atoms with Gasteiger partial charge in [0, 0.05) is 5.33 Å². The van der Waals surface area contributed by atoms with Crippen LogP contribution in [-0.2, 0) is 4.74 Å². The van der Waals surface area contributed by atoms with Crippen LogP contribution < -0.4 is 0 Å². The average molecular weight is 349 g/mol. The zero-order valence-corrected chi connectivity index (χ0v) is 16.3. The average Bonchev–Trinajstić information content (AvgIpc) is 2.35. The maximum atomic E-state index is 6.16. The summed E-state index contributed by atoms with van der Waals surface area (Å²) in [7, 11) is 0. The first-order chi connectivity index (χ1) is 9.27. The van der Waals surface area contributed by atoms with Crippen LogP contribution in [0.15, 0.2) is 0 Å². The normalized spacial score (nSPS) is 14.6. The third-order valence-electron chi connectivity index (χ3n) is 4.95. The van der Waals surface area contributed by atoms with Gasteiger partial charge in [-0.2, -0.15) is 0 Å². The number of hydrogen-bond acceptors (Lipinski definition) is 1. The van der Waals surface area contributed by atoms with Gasteiger partial charge in [0.25, 0.3) is 0 Å². The van der Waals surface area contributed by atoms with E-state index in [2.05, 4.69) is 57.5 Å². The van der Waals surface area contributed by atoms with Crippen LogP contribution in [0.3, 0.4) is 0 Å². The van der Waals surface area contributed by atoms with Crippen molar-refractivity contribution in [3.63, 3.8) is 0 Å². The molecule has 1 nitrogen and oxygen atoms in total. The van der Waals surface area contributed by atoms with Gasteiger partial charge < -0.3 is 4.74 Å². The summed E-state index contributed by atoms with van der Waals surface area (Å²) in [4.78, 5) is 0. The van der Waals surface area contributed by atoms with Crippen molar-refractivity contribution in [3.05, 3.63) is 0 Å². The molecule has 0 aliphatic carbocycles. The molecule has 0 aliphatic heterocycles. The van der Waals surface area contributed by atoms with E-state index in [4.69, 9.17) is 4.74 Å². The van der Waals surface area contributed by atoms with Gasteiger partial charge in [0.05, 0.1) is 12.7 Å². The van der Waals surface area contributed by atoms with E-state index in [9.17, 15) is 0 Å². The fourth-order valence-electron chi connectivity index (χ4n) is 2.43. The molecule has 122 valence electrons. The maximum Gasteiger partial charge on any atom is 0.0631 e. The third kappa shape index (κ3) is 7.45. The molecule has 0 rings (SSSR count). The van der Waals surface area contributed by atoms with Crippen molar-refractivity contribution >= 4 is 15.9 Å². The zero-order chi connectivity index (χ0) is 15.6. The molecule has 0 N–H and O–H groups in total. The quantitative estimate of drug-likeness (QED) is 0.302. The van der Waals surface area contributed by atoms with Crippen molar-refractivity contribution in [1.29, 1.82) is 0 Å². The Morgan fingerprint density at radius 1 is 0.900 bits per heavy atom. The Bertz CT molecular complexity index is 230. The van der Waals surface area contributed by atoms with Gasteiger partial charge in [-0.05, 0) is 17.3 Å². The van der Waals surface area contributed by atoms with E-state index in [1.54, 1.807) is 0 Å². The Kier molecular flexibility index (Phi) is 10.4. The molecular weight excluding hydrogens is 312 g/mol. The molecule has 0 amide bonds. The summed E-state index contributed by atoms with van der Waals surface area (Å²) in [5.41, 5.74) is 0.477. The third-order valence-corrected chi connectivity index (χ3v) is 5.28. The van der Waals surface area contributed by atoms with Crippen LogP contribution in [0.5, 0.6) is 0 Å². The lowest BCUT2D eigenvalue weighted by Gasteiger charge is -2.45. The van der Waals surface area contributed by atoms with E-state index < -0.39 is 0 Å². The molecule has 0 saturated heterocycles. The van der Waals surface area contributed by atoms with Crippen molar-refractivity contribution in [2.24, 2.45) is 10.8 Å². The lowest BCUT2D eigenvalue weighted by atomic mass is 9.65. The molecule has 0 radical (unpaired) electrons. The summed E-state index contributed by atoms with van der Waals surface area (Å²) in [6.07, 6.45) is 9.71. The van der Waals surface area contributed by atoms with E-state index in [1.807, 2.05) is 0 Å². The van der Waals surface area contributed by atoms with Crippen LogP contribution in [0, 0.1) is 10.8 Å². The van der Waals surface area contributed by atoms with Gasteiger partial charge in [0.2, 0.25) is 0 Å². The number of hydrogen-bond donors (Lipinski definition) is 0. The lowest BCUT2D eigenvalue weighted by Crippen LogP contribution is -2.42. The highest BCUT2D eigenvalue weighted by molar-refractivity contribution is 9.09. The molecule has 0 aromatic rings. The summed E-state index contributed by atoms with van der Waals surface area (Å²) in [6, 6.07) is 0. The van der Waals surface area contributed by atoms with Crippen LogP contribution in [0.4, 0.5) is 0 Å². The minimum atomic E-state index is 0.207. The van der Waals surface area contributed by atoms with Crippen LogP contribution in [0.2, 0.25) is 0 Å². The first kappa shape index (κ1) is 20.4. The predicted octanol–water partition coefficient (Wildman–Crippen LogP) is 6.59. The molecule has 0 spiro atoms. The van der Waals surface area contributed by atoms with Crippen molar-refractivity contribution in [2.45, 2.75) is 92.6 Å². The van der Waals surface area contributed by atoms with Crippen LogP contribution in [-0.4, -0.2) is 18.0 Å². The molecule has 0 aromatic carbocycles. The molecule has 0 aromatic heterocycles. The van der Waals surface area contributed by atoms with Gasteiger partial charge in [-0.3, -0.25) is 0 Å². The topological polar surface area (TPSA) is 9.23 Å². The lowest BCUT2D eigenvalue weighted by molar-refractivity contribution is -0.0753. The van der Waals surface area contributed by atoms with E-state index in [0.717, 1.165) is 11.9 Å². The summed E-state index contributed by atoms with van der Waals surface area (Å²) in [5.74, 6) is 0. The van der Waals surface area contributed by atoms with Crippen LogP contribution >= 0.6 is 15.9 Å². The molecule has 0 aliphatic rings. The fraction of sp³-hybridized carbons (Fsp3) is 1.00. The second-order valence-corrected chi connectivity index (χ2v) is 8.37. The Morgan fingerprint density at radius 2 is 1.45 bits per heavy atom. The molecular formula is C18H37BrO. The second kappa shape index (κ2) is 10.2. The first-order valence-corrected chi connectivity index (χ1v) is 9.57. The summed E-state index contributed by atoms with van der Waals surface area (Å²) in [5, 5.41) is 0.931. The molecule has 1 atom stereocenters. The van der Waals surface area contributed by atoms with Gasteiger partial charge in [0.1, 0.15) is 0 Å². The van der Waals surface area contributed by atoms with Crippen LogP contribution in [0.25, 0.3) is 0 Å². The number of halogens is 1. The maximum absolute atomic E-state index is 6.16. The predicted molar refractivity (Wildman–Crippen MR) is 94.8 cm³/mol. The Labute approximate surface area is 136 Å². The summed E-state index contributed by atoms with van der Waals surface area (Å²) in [6.45, 7) is 14.8. The molecule has 2 heteroatoms. The second-order valence-electron chi connectivity index (χ2n) is 7.58. The standard InChI is InChI=1S/C18H37BrO/c1-7-8-9-10-11-12-13-16(20-15-14-19)18(5,6)17(2,3)4/h16H,7-15H2,1-6H3. The molecule has 0 saturated carbocycles. The van der Waals surface area contributed by atoms with E-state index >= 15 is 0 Å². The van der Waals surface area contributed by atoms with Gasteiger partial charge in [-0.25, -0.2) is 0 Å². The minimum absolute atomic E-state index is 0.207. The van der Waals surface area contributed by atoms with Crippen molar-refractivity contribution in [3.8, 4) is 0 Å². The smallest absolute Gasteiger partial charge is 0.0631 e. The molecule has 20 heavy (non-hydrogen) atoms. The minimum Gasteiger partial charge on any atom is -0.377 e. The van der Waals surface area contributed by atoms with Crippen LogP contribution in [0.1, 0.15) is 86.5 Å². The highest BCUT2D eigenvalue weighted by Crippen LogP contribution is 2.43. The number of rotatable bonds is 11. The monoisotopic (exact) mass is 348 g/mol. The summed E-state index contributed by atoms with van der Waals surface area (Å²) >= 11 is 3.48. The molecule has 1 unspecified atom stereocenters. The number of unbranched alkanes of at least 4 members (excludes halogenated alkanes) is 5. The Balaban J connectivity index is 4.28. The Morgan fingerprint density at radius 3 is 1.95 bits per heavy atom. The SMILES string of the molecule is CCCCCCCCC(OCCBr)C(C)(C)C(C)(C)C. The largest absolute Gasteiger partial charge is 0.377 e. The van der Waals surface area contributed by atoms with Gasteiger partial charge in [-0.15, -0.1) is 0 Å². The molecule has 0 bridgehead atoms.